The van der Waals surface area contributed by atoms with Crippen LogP contribution in [0.5, 0.6) is 0 Å². The summed E-state index contributed by atoms with van der Waals surface area (Å²) in [5.74, 6) is 0. The molecule has 176 valence electrons. The second kappa shape index (κ2) is 12.7. The molecule has 0 fully saturated rings. The summed E-state index contributed by atoms with van der Waals surface area (Å²) in [6.07, 6.45) is 0.836. The molecule has 0 unspecified atom stereocenters. The highest BCUT2D eigenvalue weighted by atomic mass is 28.4. The van der Waals surface area contributed by atoms with Crippen LogP contribution in [0.1, 0.15) is 31.9 Å². The standard InChI is InChI=1S/C27H35NO4Si/c1-4-30-33(31-5-2,32-6-3)21-20-23-12-16-26(17-13-23)28(25-10-8-7-9-11-25)27-18-14-24(22-29)15-19-27/h7-19,29H,4-6,20-22H2,1-3H3. The lowest BCUT2D eigenvalue weighted by Gasteiger charge is -2.28. The van der Waals surface area contributed by atoms with E-state index in [2.05, 4.69) is 41.3 Å². The minimum absolute atomic E-state index is 0.0381. The SMILES string of the molecule is CCO[Si](CCc1ccc(N(c2ccccc2)c2ccc(CO)cc2)cc1)(OCC)OCC. The molecule has 0 saturated carbocycles. The summed E-state index contributed by atoms with van der Waals surface area (Å²) in [5, 5.41) is 9.40. The molecule has 0 aromatic heterocycles. The lowest BCUT2D eigenvalue weighted by molar-refractivity contribution is 0.0714. The fourth-order valence-electron chi connectivity index (χ4n) is 3.89. The van der Waals surface area contributed by atoms with Gasteiger partial charge in [-0.05, 0) is 74.7 Å². The number of para-hydroxylation sites is 1. The molecular weight excluding hydrogens is 430 g/mol. The van der Waals surface area contributed by atoms with Crippen LogP contribution in [0.25, 0.3) is 0 Å². The second-order valence-electron chi connectivity index (χ2n) is 7.64. The van der Waals surface area contributed by atoms with Gasteiger partial charge in [0.1, 0.15) is 0 Å². The van der Waals surface area contributed by atoms with Gasteiger partial charge in [-0.2, -0.15) is 0 Å². The van der Waals surface area contributed by atoms with Gasteiger partial charge in [-0.1, -0.05) is 42.5 Å². The Morgan fingerprint density at radius 3 is 1.55 bits per heavy atom. The zero-order valence-corrected chi connectivity index (χ0v) is 20.9. The molecule has 0 aliphatic heterocycles. The Morgan fingerprint density at radius 2 is 1.09 bits per heavy atom. The van der Waals surface area contributed by atoms with Gasteiger partial charge < -0.3 is 23.3 Å². The number of aliphatic hydroxyl groups is 1. The number of nitrogens with zero attached hydrogens (tertiary/aromatic N) is 1. The van der Waals surface area contributed by atoms with Crippen LogP contribution in [0.3, 0.4) is 0 Å². The second-order valence-corrected chi connectivity index (χ2v) is 10.4. The van der Waals surface area contributed by atoms with Gasteiger partial charge in [0.15, 0.2) is 0 Å². The van der Waals surface area contributed by atoms with Crippen molar-refractivity contribution in [2.45, 2.75) is 39.8 Å². The van der Waals surface area contributed by atoms with Gasteiger partial charge in [-0.3, -0.25) is 0 Å². The topological polar surface area (TPSA) is 51.2 Å². The largest absolute Gasteiger partial charge is 0.501 e. The Morgan fingerprint density at radius 1 is 0.636 bits per heavy atom. The summed E-state index contributed by atoms with van der Waals surface area (Å²) in [6, 6.07) is 27.7. The van der Waals surface area contributed by atoms with Gasteiger partial charge in [0.25, 0.3) is 0 Å². The molecule has 0 amide bonds. The third kappa shape index (κ3) is 6.76. The Balaban J connectivity index is 1.82. The van der Waals surface area contributed by atoms with Crippen molar-refractivity contribution in [2.75, 3.05) is 24.7 Å². The number of anilines is 3. The van der Waals surface area contributed by atoms with Crippen LogP contribution in [0.2, 0.25) is 6.04 Å². The molecule has 0 atom stereocenters. The zero-order chi connectivity index (χ0) is 23.5. The summed E-state index contributed by atoms with van der Waals surface area (Å²) in [6.45, 7) is 7.76. The molecule has 0 heterocycles. The van der Waals surface area contributed by atoms with Crippen LogP contribution in [0, 0.1) is 0 Å². The van der Waals surface area contributed by atoms with E-state index < -0.39 is 8.80 Å². The maximum Gasteiger partial charge on any atom is 0.501 e. The molecule has 0 saturated heterocycles. The van der Waals surface area contributed by atoms with Crippen molar-refractivity contribution in [3.63, 3.8) is 0 Å². The van der Waals surface area contributed by atoms with E-state index in [4.69, 9.17) is 13.3 Å². The van der Waals surface area contributed by atoms with Crippen molar-refractivity contribution in [3.8, 4) is 0 Å². The van der Waals surface area contributed by atoms with E-state index in [1.165, 1.54) is 5.56 Å². The summed E-state index contributed by atoms with van der Waals surface area (Å²) < 4.78 is 18.0. The predicted molar refractivity (Wildman–Crippen MR) is 136 cm³/mol. The van der Waals surface area contributed by atoms with Crippen LogP contribution < -0.4 is 4.90 Å². The van der Waals surface area contributed by atoms with E-state index >= 15 is 0 Å². The molecule has 0 aliphatic carbocycles. The van der Waals surface area contributed by atoms with Gasteiger partial charge >= 0.3 is 8.80 Å². The van der Waals surface area contributed by atoms with Crippen LogP contribution in [-0.2, 0) is 26.3 Å². The summed E-state index contributed by atoms with van der Waals surface area (Å²) in [4.78, 5) is 2.21. The molecule has 6 heteroatoms. The van der Waals surface area contributed by atoms with Gasteiger partial charge in [0.2, 0.25) is 0 Å². The molecule has 0 radical (unpaired) electrons. The van der Waals surface area contributed by atoms with Crippen LogP contribution in [-0.4, -0.2) is 33.7 Å². The highest BCUT2D eigenvalue weighted by molar-refractivity contribution is 6.60. The van der Waals surface area contributed by atoms with Crippen molar-refractivity contribution in [3.05, 3.63) is 90.0 Å². The van der Waals surface area contributed by atoms with E-state index in [1.807, 2.05) is 63.2 Å². The third-order valence-electron chi connectivity index (χ3n) is 5.40. The number of hydrogen-bond donors (Lipinski definition) is 1. The zero-order valence-electron chi connectivity index (χ0n) is 19.9. The first kappa shape index (κ1) is 25.1. The van der Waals surface area contributed by atoms with Crippen molar-refractivity contribution in [1.82, 2.24) is 0 Å². The molecule has 1 N–H and O–H groups in total. The van der Waals surface area contributed by atoms with Crippen molar-refractivity contribution < 1.29 is 18.4 Å². The van der Waals surface area contributed by atoms with Gasteiger partial charge in [0, 0.05) is 42.9 Å². The van der Waals surface area contributed by atoms with Crippen LogP contribution in [0.4, 0.5) is 17.1 Å². The van der Waals surface area contributed by atoms with Crippen molar-refractivity contribution in [2.24, 2.45) is 0 Å². The molecule has 3 aromatic carbocycles. The first-order valence-electron chi connectivity index (χ1n) is 11.7. The molecule has 0 spiro atoms. The van der Waals surface area contributed by atoms with E-state index in [-0.39, 0.29) is 6.61 Å². The van der Waals surface area contributed by atoms with E-state index in [1.54, 1.807) is 0 Å². The number of hydrogen-bond acceptors (Lipinski definition) is 5. The smallest absolute Gasteiger partial charge is 0.392 e. The summed E-state index contributed by atoms with van der Waals surface area (Å²) >= 11 is 0. The Labute approximate surface area is 198 Å². The fourth-order valence-corrected chi connectivity index (χ4v) is 6.48. The Hall–Kier alpha value is -2.48. The average Bonchev–Trinajstić information content (AvgIpc) is 2.85. The third-order valence-corrected chi connectivity index (χ3v) is 8.45. The molecule has 0 bridgehead atoms. The molecule has 3 aromatic rings. The molecule has 3 rings (SSSR count). The van der Waals surface area contributed by atoms with E-state index in [0.29, 0.717) is 19.8 Å². The lowest BCUT2D eigenvalue weighted by atomic mass is 10.1. The van der Waals surface area contributed by atoms with Crippen LogP contribution in [0.15, 0.2) is 78.9 Å². The van der Waals surface area contributed by atoms with Crippen molar-refractivity contribution in [1.29, 1.82) is 0 Å². The van der Waals surface area contributed by atoms with Gasteiger partial charge in [-0.25, -0.2) is 0 Å². The Kier molecular flexibility index (Phi) is 9.66. The maximum absolute atomic E-state index is 9.40. The highest BCUT2D eigenvalue weighted by Gasteiger charge is 2.39. The number of benzene rings is 3. The number of aryl methyl sites for hydroxylation is 1. The molecule has 0 aliphatic rings. The van der Waals surface area contributed by atoms with Gasteiger partial charge in [-0.15, -0.1) is 0 Å². The Bertz CT molecular complexity index is 931. The van der Waals surface area contributed by atoms with E-state index in [0.717, 1.165) is 35.1 Å². The number of rotatable bonds is 13. The maximum atomic E-state index is 9.40. The summed E-state index contributed by atoms with van der Waals surface area (Å²) in [7, 11) is -2.66. The quantitative estimate of drug-likeness (QED) is 0.303. The van der Waals surface area contributed by atoms with E-state index in [9.17, 15) is 5.11 Å². The fraction of sp³-hybridized carbons (Fsp3) is 0.333. The van der Waals surface area contributed by atoms with Gasteiger partial charge in [0.05, 0.1) is 6.61 Å². The monoisotopic (exact) mass is 465 g/mol. The minimum Gasteiger partial charge on any atom is -0.392 e. The predicted octanol–water partition coefficient (Wildman–Crippen LogP) is 6.24. The first-order chi connectivity index (χ1) is 16.1. The van der Waals surface area contributed by atoms with Crippen LogP contribution >= 0.6 is 0 Å². The first-order valence-corrected chi connectivity index (χ1v) is 13.6. The molecule has 33 heavy (non-hydrogen) atoms. The summed E-state index contributed by atoms with van der Waals surface area (Å²) in [5.41, 5.74) is 5.31. The van der Waals surface area contributed by atoms with Crippen molar-refractivity contribution >= 4 is 25.9 Å². The average molecular weight is 466 g/mol. The molecular formula is C27H35NO4Si. The molecule has 5 nitrogen and oxygen atoms in total. The minimum atomic E-state index is -2.66. The lowest BCUT2D eigenvalue weighted by Crippen LogP contribution is -2.46. The number of aliphatic hydroxyl groups excluding tert-OH is 1. The highest BCUT2D eigenvalue weighted by Crippen LogP contribution is 2.34. The normalized spacial score (nSPS) is 11.5.